The number of rotatable bonds is 4. The Hall–Kier alpha value is -3.15. The van der Waals surface area contributed by atoms with Crippen LogP contribution < -0.4 is 16.0 Å². The molecule has 0 fully saturated rings. The standard InChI is InChI=1S/C18H19N3O3/c1-12-6-5-7-13(10-12)11-20-16(22)14-8-3-4-9-15(14)21-18(24)17(23)19-2/h3-10H,11H2,1-2H3,(H,19,23)(H,20,22)(H,21,24). The zero-order valence-corrected chi connectivity index (χ0v) is 13.6. The number of carbonyl (C=O) groups excluding carboxylic acids is 3. The van der Waals surface area contributed by atoms with Crippen molar-refractivity contribution < 1.29 is 14.4 Å². The summed E-state index contributed by atoms with van der Waals surface area (Å²) in [5, 5.41) is 7.48. The number of amides is 3. The van der Waals surface area contributed by atoms with Gasteiger partial charge in [-0.05, 0) is 24.6 Å². The average molecular weight is 325 g/mol. The summed E-state index contributed by atoms with van der Waals surface area (Å²) in [5.74, 6) is -1.93. The molecule has 0 spiro atoms. The van der Waals surface area contributed by atoms with Crippen LogP contribution in [0.2, 0.25) is 0 Å². The van der Waals surface area contributed by atoms with Crippen molar-refractivity contribution in [3.05, 3.63) is 65.2 Å². The second-order valence-electron chi connectivity index (χ2n) is 5.25. The first-order valence-electron chi connectivity index (χ1n) is 7.47. The molecule has 124 valence electrons. The molecule has 0 unspecified atom stereocenters. The number of likely N-dealkylation sites (N-methyl/N-ethyl adjacent to an activating group) is 1. The van der Waals surface area contributed by atoms with Crippen molar-refractivity contribution in [3.63, 3.8) is 0 Å². The zero-order chi connectivity index (χ0) is 17.5. The van der Waals surface area contributed by atoms with Crippen LogP contribution in [0.5, 0.6) is 0 Å². The third-order valence-corrected chi connectivity index (χ3v) is 3.39. The van der Waals surface area contributed by atoms with E-state index in [9.17, 15) is 14.4 Å². The first-order chi connectivity index (χ1) is 11.5. The third kappa shape index (κ3) is 4.42. The van der Waals surface area contributed by atoms with Gasteiger partial charge in [0.1, 0.15) is 0 Å². The molecule has 0 aliphatic rings. The monoisotopic (exact) mass is 325 g/mol. The van der Waals surface area contributed by atoms with Gasteiger partial charge in [0, 0.05) is 13.6 Å². The van der Waals surface area contributed by atoms with E-state index in [0.717, 1.165) is 11.1 Å². The van der Waals surface area contributed by atoms with Crippen LogP contribution in [0.3, 0.4) is 0 Å². The van der Waals surface area contributed by atoms with Crippen LogP contribution in [-0.4, -0.2) is 24.8 Å². The van der Waals surface area contributed by atoms with Crippen molar-refractivity contribution >= 4 is 23.4 Å². The van der Waals surface area contributed by atoms with Crippen LogP contribution in [0.1, 0.15) is 21.5 Å². The first-order valence-corrected chi connectivity index (χ1v) is 7.47. The predicted octanol–water partition coefficient (Wildman–Crippen LogP) is 1.61. The fourth-order valence-corrected chi connectivity index (χ4v) is 2.18. The van der Waals surface area contributed by atoms with E-state index in [2.05, 4.69) is 16.0 Å². The Balaban J connectivity index is 2.09. The largest absolute Gasteiger partial charge is 0.351 e. The number of aryl methyl sites for hydroxylation is 1. The smallest absolute Gasteiger partial charge is 0.313 e. The molecule has 0 saturated heterocycles. The predicted molar refractivity (Wildman–Crippen MR) is 91.5 cm³/mol. The molecule has 2 aromatic rings. The summed E-state index contributed by atoms with van der Waals surface area (Å²) in [4.78, 5) is 35.4. The lowest BCUT2D eigenvalue weighted by molar-refractivity contribution is -0.135. The van der Waals surface area contributed by atoms with Crippen molar-refractivity contribution in [1.82, 2.24) is 10.6 Å². The maximum absolute atomic E-state index is 12.4. The molecule has 3 N–H and O–H groups in total. The SMILES string of the molecule is CNC(=O)C(=O)Nc1ccccc1C(=O)NCc1cccc(C)c1. The lowest BCUT2D eigenvalue weighted by atomic mass is 10.1. The molecule has 0 radical (unpaired) electrons. The summed E-state index contributed by atoms with van der Waals surface area (Å²) in [6.07, 6.45) is 0. The Bertz CT molecular complexity index is 772. The summed E-state index contributed by atoms with van der Waals surface area (Å²) in [7, 11) is 1.36. The average Bonchev–Trinajstić information content (AvgIpc) is 2.59. The summed E-state index contributed by atoms with van der Waals surface area (Å²) >= 11 is 0. The molecular weight excluding hydrogens is 306 g/mol. The molecular formula is C18H19N3O3. The Labute approximate surface area is 140 Å². The van der Waals surface area contributed by atoms with E-state index in [-0.39, 0.29) is 11.6 Å². The summed E-state index contributed by atoms with van der Waals surface area (Å²) in [6.45, 7) is 2.35. The van der Waals surface area contributed by atoms with Gasteiger partial charge in [-0.25, -0.2) is 0 Å². The molecule has 0 saturated carbocycles. The highest BCUT2D eigenvalue weighted by Gasteiger charge is 2.16. The van der Waals surface area contributed by atoms with E-state index in [1.807, 2.05) is 31.2 Å². The molecule has 2 rings (SSSR count). The Kier molecular flexibility index (Phi) is 5.68. The quantitative estimate of drug-likeness (QED) is 0.746. The normalized spacial score (nSPS) is 9.92. The summed E-state index contributed by atoms with van der Waals surface area (Å²) < 4.78 is 0. The van der Waals surface area contributed by atoms with E-state index < -0.39 is 11.8 Å². The second kappa shape index (κ2) is 7.92. The van der Waals surface area contributed by atoms with Gasteiger partial charge in [0.2, 0.25) is 0 Å². The minimum Gasteiger partial charge on any atom is -0.351 e. The highest BCUT2D eigenvalue weighted by Crippen LogP contribution is 2.15. The van der Waals surface area contributed by atoms with Crippen LogP contribution in [0, 0.1) is 6.92 Å². The van der Waals surface area contributed by atoms with Gasteiger partial charge in [0.05, 0.1) is 11.3 Å². The van der Waals surface area contributed by atoms with E-state index in [4.69, 9.17) is 0 Å². The number of para-hydroxylation sites is 1. The lowest BCUT2D eigenvalue weighted by Crippen LogP contribution is -2.33. The number of anilines is 1. The minimum absolute atomic E-state index is 0.285. The van der Waals surface area contributed by atoms with Gasteiger partial charge in [-0.2, -0.15) is 0 Å². The Morgan fingerprint density at radius 2 is 1.71 bits per heavy atom. The topological polar surface area (TPSA) is 87.3 Å². The van der Waals surface area contributed by atoms with Crippen molar-refractivity contribution in [2.24, 2.45) is 0 Å². The van der Waals surface area contributed by atoms with Crippen molar-refractivity contribution in [3.8, 4) is 0 Å². The number of hydrogen-bond donors (Lipinski definition) is 3. The lowest BCUT2D eigenvalue weighted by Gasteiger charge is -2.11. The summed E-state index contributed by atoms with van der Waals surface area (Å²) in [6, 6.07) is 14.3. The molecule has 3 amide bonds. The van der Waals surface area contributed by atoms with Gasteiger partial charge in [-0.1, -0.05) is 42.0 Å². The van der Waals surface area contributed by atoms with Crippen LogP contribution in [0.15, 0.2) is 48.5 Å². The highest BCUT2D eigenvalue weighted by atomic mass is 16.2. The fraction of sp³-hybridized carbons (Fsp3) is 0.167. The minimum atomic E-state index is -0.823. The van der Waals surface area contributed by atoms with Crippen LogP contribution in [0.4, 0.5) is 5.69 Å². The van der Waals surface area contributed by atoms with Gasteiger partial charge in [-0.3, -0.25) is 14.4 Å². The van der Waals surface area contributed by atoms with E-state index in [1.165, 1.54) is 7.05 Å². The van der Waals surface area contributed by atoms with Crippen LogP contribution >= 0.6 is 0 Å². The van der Waals surface area contributed by atoms with Crippen molar-refractivity contribution in [1.29, 1.82) is 0 Å². The molecule has 24 heavy (non-hydrogen) atoms. The third-order valence-electron chi connectivity index (χ3n) is 3.39. The molecule has 0 heterocycles. The molecule has 0 aliphatic heterocycles. The Morgan fingerprint density at radius 1 is 0.958 bits per heavy atom. The molecule has 0 bridgehead atoms. The number of hydrogen-bond acceptors (Lipinski definition) is 3. The molecule has 2 aromatic carbocycles. The maximum atomic E-state index is 12.4. The second-order valence-corrected chi connectivity index (χ2v) is 5.25. The van der Waals surface area contributed by atoms with Gasteiger partial charge in [0.25, 0.3) is 5.91 Å². The van der Waals surface area contributed by atoms with Gasteiger partial charge in [-0.15, -0.1) is 0 Å². The van der Waals surface area contributed by atoms with Gasteiger partial charge < -0.3 is 16.0 Å². The number of nitrogens with one attached hydrogen (secondary N) is 3. The Morgan fingerprint density at radius 3 is 2.42 bits per heavy atom. The number of benzene rings is 2. The van der Waals surface area contributed by atoms with E-state index in [0.29, 0.717) is 12.1 Å². The molecule has 0 aliphatic carbocycles. The highest BCUT2D eigenvalue weighted by molar-refractivity contribution is 6.39. The van der Waals surface area contributed by atoms with Crippen LogP contribution in [-0.2, 0) is 16.1 Å². The van der Waals surface area contributed by atoms with Gasteiger partial charge in [0.15, 0.2) is 0 Å². The van der Waals surface area contributed by atoms with Crippen LogP contribution in [0.25, 0.3) is 0 Å². The number of carbonyl (C=O) groups is 3. The molecule has 6 nitrogen and oxygen atoms in total. The van der Waals surface area contributed by atoms with Crippen molar-refractivity contribution in [2.45, 2.75) is 13.5 Å². The fourth-order valence-electron chi connectivity index (χ4n) is 2.18. The maximum Gasteiger partial charge on any atom is 0.313 e. The molecule has 0 atom stereocenters. The van der Waals surface area contributed by atoms with E-state index >= 15 is 0 Å². The molecule has 0 aromatic heterocycles. The zero-order valence-electron chi connectivity index (χ0n) is 13.6. The summed E-state index contributed by atoms with van der Waals surface area (Å²) in [5.41, 5.74) is 2.67. The van der Waals surface area contributed by atoms with E-state index in [1.54, 1.807) is 24.3 Å². The van der Waals surface area contributed by atoms with Gasteiger partial charge >= 0.3 is 11.8 Å². The van der Waals surface area contributed by atoms with Crippen molar-refractivity contribution in [2.75, 3.05) is 12.4 Å². The first kappa shape index (κ1) is 17.2. The molecule has 6 heteroatoms.